The maximum atomic E-state index is 12.7. The van der Waals surface area contributed by atoms with Crippen molar-refractivity contribution < 1.29 is 19.4 Å². The zero-order valence-corrected chi connectivity index (χ0v) is 15.4. The number of hydrogen-bond acceptors (Lipinski definition) is 3. The molecule has 0 unspecified atom stereocenters. The molecule has 2 aliphatic heterocycles. The van der Waals surface area contributed by atoms with Crippen molar-refractivity contribution in [1.29, 1.82) is 0 Å². The van der Waals surface area contributed by atoms with Crippen LogP contribution in [0.3, 0.4) is 0 Å². The van der Waals surface area contributed by atoms with E-state index in [1.807, 2.05) is 24.3 Å². The first-order valence-electron chi connectivity index (χ1n) is 8.72. The van der Waals surface area contributed by atoms with E-state index in [1.54, 1.807) is 30.3 Å². The molecule has 1 amide bonds. The zero-order valence-electron chi connectivity index (χ0n) is 14.7. The number of halogens is 1. The lowest BCUT2D eigenvalue weighted by atomic mass is 10.0. The van der Waals surface area contributed by atoms with E-state index in [9.17, 15) is 14.7 Å². The van der Waals surface area contributed by atoms with Crippen LogP contribution in [0, 0.1) is 0 Å². The van der Waals surface area contributed by atoms with Crippen LogP contribution < -0.4 is 10.1 Å². The second-order valence-electron chi connectivity index (χ2n) is 6.31. The molecule has 1 atom stereocenters. The lowest BCUT2D eigenvalue weighted by Crippen LogP contribution is -2.42. The van der Waals surface area contributed by atoms with Gasteiger partial charge in [0.1, 0.15) is 18.4 Å². The fourth-order valence-electron chi connectivity index (χ4n) is 2.98. The van der Waals surface area contributed by atoms with E-state index >= 15 is 0 Å². The number of benzene rings is 2. The number of amides is 1. The Bertz CT molecular complexity index is 878. The maximum absolute atomic E-state index is 12.7. The molecular weight excluding hydrogens is 366 g/mol. The summed E-state index contributed by atoms with van der Waals surface area (Å²) in [6, 6.07) is 11.3. The van der Waals surface area contributed by atoms with Crippen molar-refractivity contribution in [2.24, 2.45) is 0 Å². The summed E-state index contributed by atoms with van der Waals surface area (Å²) in [5, 5.41) is 12.6. The van der Waals surface area contributed by atoms with Gasteiger partial charge in [-0.3, -0.25) is 4.79 Å². The number of allylic oxidation sites excluding steroid dienone is 1. The quantitative estimate of drug-likeness (QED) is 0.735. The van der Waals surface area contributed by atoms with Crippen molar-refractivity contribution in [1.82, 2.24) is 5.32 Å². The van der Waals surface area contributed by atoms with Gasteiger partial charge in [-0.15, -0.1) is 0 Å². The minimum atomic E-state index is -1.10. The molecule has 0 saturated heterocycles. The molecule has 5 nitrogen and oxygen atoms in total. The Kier molecular flexibility index (Phi) is 6.14. The van der Waals surface area contributed by atoms with Crippen molar-refractivity contribution in [3.05, 3.63) is 76.3 Å². The minimum Gasteiger partial charge on any atom is -0.488 e. The first-order valence-corrected chi connectivity index (χ1v) is 9.10. The fraction of sp³-hybridized carbons (Fsp3) is 0.238. The Hall–Kier alpha value is -2.79. The van der Waals surface area contributed by atoms with E-state index < -0.39 is 12.0 Å². The van der Waals surface area contributed by atoms with Crippen LogP contribution in [-0.4, -0.2) is 29.6 Å². The van der Waals surface area contributed by atoms with Crippen molar-refractivity contribution in [2.75, 3.05) is 6.61 Å². The molecule has 140 valence electrons. The van der Waals surface area contributed by atoms with Gasteiger partial charge in [-0.05, 0) is 42.2 Å². The Morgan fingerprint density at radius 1 is 1.19 bits per heavy atom. The van der Waals surface area contributed by atoms with Crippen molar-refractivity contribution >= 4 is 23.5 Å². The number of carboxylic acids is 1. The normalized spacial score (nSPS) is 17.7. The number of rotatable bonds is 1. The predicted octanol–water partition coefficient (Wildman–Crippen LogP) is 3.65. The summed E-state index contributed by atoms with van der Waals surface area (Å²) in [5.41, 5.74) is 2.08. The average molecular weight is 386 g/mol. The zero-order chi connectivity index (χ0) is 19.2. The van der Waals surface area contributed by atoms with Gasteiger partial charge in [-0.1, -0.05) is 48.0 Å². The number of aliphatic carboxylic acids is 1. The van der Waals surface area contributed by atoms with Gasteiger partial charge >= 0.3 is 5.97 Å². The molecule has 2 heterocycles. The topological polar surface area (TPSA) is 75.6 Å². The lowest BCUT2D eigenvalue weighted by Gasteiger charge is -2.17. The first kappa shape index (κ1) is 19.0. The molecular formula is C21H20ClNO4. The monoisotopic (exact) mass is 385 g/mol. The predicted molar refractivity (Wildman–Crippen MR) is 103 cm³/mol. The second-order valence-corrected chi connectivity index (χ2v) is 6.72. The van der Waals surface area contributed by atoms with Crippen LogP contribution in [0.2, 0.25) is 5.02 Å². The van der Waals surface area contributed by atoms with Gasteiger partial charge in [0.2, 0.25) is 0 Å². The molecule has 2 bridgehead atoms. The van der Waals surface area contributed by atoms with Crippen LogP contribution >= 0.6 is 11.6 Å². The van der Waals surface area contributed by atoms with Gasteiger partial charge in [0.15, 0.2) is 0 Å². The molecule has 2 aliphatic rings. The fourth-order valence-corrected chi connectivity index (χ4v) is 3.24. The van der Waals surface area contributed by atoms with E-state index in [-0.39, 0.29) is 12.3 Å². The van der Waals surface area contributed by atoms with Gasteiger partial charge in [0, 0.05) is 12.0 Å². The molecule has 2 N–H and O–H groups in total. The average Bonchev–Trinajstić information content (AvgIpc) is 2.64. The molecule has 4 rings (SSSR count). The summed E-state index contributed by atoms with van der Waals surface area (Å²) < 4.78 is 5.65. The van der Waals surface area contributed by atoms with Crippen LogP contribution in [-0.2, 0) is 17.6 Å². The largest absolute Gasteiger partial charge is 0.488 e. The van der Waals surface area contributed by atoms with Crippen molar-refractivity contribution in [2.45, 2.75) is 25.3 Å². The second kappa shape index (κ2) is 8.73. The molecule has 0 aromatic heterocycles. The Labute approximate surface area is 162 Å². The highest BCUT2D eigenvalue weighted by Gasteiger charge is 2.22. The van der Waals surface area contributed by atoms with E-state index in [4.69, 9.17) is 16.3 Å². The molecule has 0 fully saturated rings. The highest BCUT2D eigenvalue weighted by Crippen LogP contribution is 2.26. The Morgan fingerprint density at radius 3 is 2.78 bits per heavy atom. The van der Waals surface area contributed by atoms with Gasteiger partial charge in [-0.25, -0.2) is 4.79 Å². The molecule has 27 heavy (non-hydrogen) atoms. The van der Waals surface area contributed by atoms with Crippen LogP contribution in [0.1, 0.15) is 27.9 Å². The number of fused-ring (bicyclic) bond motifs is 9. The van der Waals surface area contributed by atoms with Crippen LogP contribution in [0.15, 0.2) is 54.6 Å². The Balaban J connectivity index is 1.94. The van der Waals surface area contributed by atoms with E-state index in [1.165, 1.54) is 0 Å². The van der Waals surface area contributed by atoms with E-state index in [0.717, 1.165) is 12.0 Å². The summed E-state index contributed by atoms with van der Waals surface area (Å²) in [5.74, 6) is -0.945. The van der Waals surface area contributed by atoms with Gasteiger partial charge in [0.25, 0.3) is 5.91 Å². The maximum Gasteiger partial charge on any atom is 0.326 e. The van der Waals surface area contributed by atoms with E-state index in [0.29, 0.717) is 34.9 Å². The van der Waals surface area contributed by atoms with Gasteiger partial charge < -0.3 is 15.2 Å². The third kappa shape index (κ3) is 4.89. The smallest absolute Gasteiger partial charge is 0.326 e. The lowest BCUT2D eigenvalue weighted by molar-refractivity contribution is -0.139. The summed E-state index contributed by atoms with van der Waals surface area (Å²) in [4.78, 5) is 24.4. The van der Waals surface area contributed by atoms with Crippen LogP contribution in [0.4, 0.5) is 0 Å². The third-order valence-electron chi connectivity index (χ3n) is 4.38. The van der Waals surface area contributed by atoms with Crippen molar-refractivity contribution in [3.8, 4) is 5.75 Å². The summed E-state index contributed by atoms with van der Waals surface area (Å²) in [6.45, 7) is 0.388. The minimum absolute atomic E-state index is 0.128. The number of ether oxygens (including phenoxy) is 1. The number of hydrogen-bond donors (Lipinski definition) is 2. The molecule has 2 aromatic rings. The molecule has 0 aliphatic carbocycles. The first-order chi connectivity index (χ1) is 13.0. The molecule has 2 aromatic carbocycles. The molecule has 6 heteroatoms. The number of nitrogens with one attached hydrogen (secondary N) is 1. The number of carbonyl (C=O) groups excluding carboxylic acids is 1. The van der Waals surface area contributed by atoms with Gasteiger partial charge in [-0.2, -0.15) is 0 Å². The third-order valence-corrected chi connectivity index (χ3v) is 4.68. The Morgan fingerprint density at radius 2 is 2.00 bits per heavy atom. The SMILES string of the molecule is O=C1N[C@H](C(=O)O)Cc2ccc(c(Cl)c2)OCC=CCCc2ccccc21. The number of aryl methyl sites for hydroxylation is 1. The highest BCUT2D eigenvalue weighted by molar-refractivity contribution is 6.32. The number of carbonyl (C=O) groups is 2. The standard InChI is InChI=1S/C21H20ClNO4/c22-17-12-14-9-10-19(17)27-11-5-1-2-6-15-7-3-4-8-16(15)20(24)23-18(13-14)21(25)26/h1,3-5,7-10,12,18H,2,6,11,13H2,(H,23,24)(H,25,26)/t18-/m0/s1. The van der Waals surface area contributed by atoms with Crippen molar-refractivity contribution in [3.63, 3.8) is 0 Å². The molecule has 0 saturated carbocycles. The summed E-state index contributed by atoms with van der Waals surface area (Å²) >= 11 is 6.23. The van der Waals surface area contributed by atoms with Crippen LogP contribution in [0.5, 0.6) is 5.75 Å². The summed E-state index contributed by atoms with van der Waals surface area (Å²) in [7, 11) is 0. The van der Waals surface area contributed by atoms with Gasteiger partial charge in [0.05, 0.1) is 5.02 Å². The van der Waals surface area contributed by atoms with Crippen LogP contribution in [0.25, 0.3) is 0 Å². The molecule has 0 spiro atoms. The van der Waals surface area contributed by atoms with E-state index in [2.05, 4.69) is 5.32 Å². The summed E-state index contributed by atoms with van der Waals surface area (Å²) in [6.07, 6.45) is 5.44. The highest BCUT2D eigenvalue weighted by atomic mass is 35.5. The number of carboxylic acid groups (broad SMARTS) is 1. The molecule has 0 radical (unpaired) electrons.